The van der Waals surface area contributed by atoms with E-state index in [0.717, 1.165) is 12.0 Å². The number of rotatable bonds is 5. The van der Waals surface area contributed by atoms with E-state index in [1.807, 2.05) is 30.3 Å². The van der Waals surface area contributed by atoms with Crippen LogP contribution in [0.5, 0.6) is 0 Å². The Hall–Kier alpha value is -1.37. The number of hydrogen-bond acceptors (Lipinski definition) is 2. The van der Waals surface area contributed by atoms with Crippen LogP contribution in [0, 0.1) is 11.3 Å². The third-order valence-electron chi connectivity index (χ3n) is 2.29. The van der Waals surface area contributed by atoms with Gasteiger partial charge in [-0.25, -0.2) is 0 Å². The predicted octanol–water partition coefficient (Wildman–Crippen LogP) is 4.03. The van der Waals surface area contributed by atoms with E-state index in [2.05, 4.69) is 32.3 Å². The summed E-state index contributed by atoms with van der Waals surface area (Å²) in [7, 11) is -1.58. The average molecular weight is 245 g/mol. The lowest BCUT2D eigenvalue weighted by Gasteiger charge is -2.26. The van der Waals surface area contributed by atoms with Crippen LogP contribution >= 0.6 is 0 Å². The third-order valence-corrected chi connectivity index (χ3v) is 3.28. The molecule has 0 heterocycles. The minimum Gasteiger partial charge on any atom is -0.410 e. The normalized spacial score (nSPS) is 12.8. The second-order valence-electron chi connectivity index (χ2n) is 4.98. The Morgan fingerprint density at radius 3 is 2.35 bits per heavy atom. The standard InChI is InChI=1S/C14H19NOSi/c1-5-6-14(16-17(2,3)4)13-9-7-12(11-15)8-10-13/h5,7-10,14H,1,6H2,2-4H3. The highest BCUT2D eigenvalue weighted by Gasteiger charge is 2.21. The summed E-state index contributed by atoms with van der Waals surface area (Å²) in [4.78, 5) is 0. The van der Waals surface area contributed by atoms with Crippen LogP contribution in [0.25, 0.3) is 0 Å². The smallest absolute Gasteiger partial charge is 0.184 e. The summed E-state index contributed by atoms with van der Waals surface area (Å²) in [5.41, 5.74) is 1.80. The molecule has 0 radical (unpaired) electrons. The molecule has 2 nitrogen and oxygen atoms in total. The van der Waals surface area contributed by atoms with E-state index in [9.17, 15) is 0 Å². The van der Waals surface area contributed by atoms with Gasteiger partial charge in [0, 0.05) is 0 Å². The van der Waals surface area contributed by atoms with Gasteiger partial charge in [0.25, 0.3) is 0 Å². The molecule has 0 bridgehead atoms. The van der Waals surface area contributed by atoms with E-state index < -0.39 is 8.32 Å². The van der Waals surface area contributed by atoms with E-state index in [4.69, 9.17) is 9.69 Å². The minimum absolute atomic E-state index is 0.0620. The first-order valence-electron chi connectivity index (χ1n) is 5.75. The lowest BCUT2D eigenvalue weighted by atomic mass is 10.1. The predicted molar refractivity (Wildman–Crippen MR) is 73.1 cm³/mol. The van der Waals surface area contributed by atoms with Gasteiger partial charge in [0.2, 0.25) is 0 Å². The summed E-state index contributed by atoms with van der Waals surface area (Å²) < 4.78 is 6.12. The largest absolute Gasteiger partial charge is 0.410 e. The first-order valence-corrected chi connectivity index (χ1v) is 9.16. The molecule has 0 spiro atoms. The van der Waals surface area contributed by atoms with Crippen LogP contribution in [0.15, 0.2) is 36.9 Å². The van der Waals surface area contributed by atoms with Crippen molar-refractivity contribution in [3.63, 3.8) is 0 Å². The van der Waals surface area contributed by atoms with Crippen LogP contribution in [0.2, 0.25) is 19.6 Å². The van der Waals surface area contributed by atoms with Crippen LogP contribution in [0.3, 0.4) is 0 Å². The van der Waals surface area contributed by atoms with Gasteiger partial charge in [-0.1, -0.05) is 18.2 Å². The van der Waals surface area contributed by atoms with E-state index in [1.165, 1.54) is 0 Å². The van der Waals surface area contributed by atoms with Crippen molar-refractivity contribution in [2.24, 2.45) is 0 Å². The zero-order valence-electron chi connectivity index (χ0n) is 10.7. The first kappa shape index (κ1) is 13.7. The van der Waals surface area contributed by atoms with Crippen molar-refractivity contribution in [3.8, 4) is 6.07 Å². The number of nitrogens with zero attached hydrogens (tertiary/aromatic N) is 1. The van der Waals surface area contributed by atoms with Crippen LogP contribution in [0.4, 0.5) is 0 Å². The van der Waals surface area contributed by atoms with Crippen molar-refractivity contribution < 1.29 is 4.43 Å². The van der Waals surface area contributed by atoms with Gasteiger partial charge in [-0.05, 0) is 43.8 Å². The topological polar surface area (TPSA) is 33.0 Å². The molecule has 0 amide bonds. The molecule has 0 saturated heterocycles. The Kier molecular flexibility index (Phi) is 4.68. The Morgan fingerprint density at radius 2 is 1.94 bits per heavy atom. The molecule has 1 unspecified atom stereocenters. The Labute approximate surface area is 105 Å². The fourth-order valence-corrected chi connectivity index (χ4v) is 2.69. The van der Waals surface area contributed by atoms with Gasteiger partial charge >= 0.3 is 0 Å². The zero-order valence-corrected chi connectivity index (χ0v) is 11.7. The molecular formula is C14H19NOSi. The highest BCUT2D eigenvalue weighted by Crippen LogP contribution is 2.26. The molecule has 0 saturated carbocycles. The summed E-state index contributed by atoms with van der Waals surface area (Å²) in [6.07, 6.45) is 2.74. The maximum atomic E-state index is 8.77. The summed E-state index contributed by atoms with van der Waals surface area (Å²) in [6, 6.07) is 9.72. The first-order chi connectivity index (χ1) is 7.96. The van der Waals surface area contributed by atoms with Crippen molar-refractivity contribution in [1.29, 1.82) is 5.26 Å². The molecule has 0 aliphatic carbocycles. The second kappa shape index (κ2) is 5.81. The highest BCUT2D eigenvalue weighted by atomic mass is 28.4. The molecule has 1 atom stereocenters. The summed E-state index contributed by atoms with van der Waals surface area (Å²) >= 11 is 0. The molecule has 90 valence electrons. The summed E-state index contributed by atoms with van der Waals surface area (Å²) in [6.45, 7) is 10.3. The summed E-state index contributed by atoms with van der Waals surface area (Å²) in [5, 5.41) is 8.77. The van der Waals surface area contributed by atoms with E-state index in [-0.39, 0.29) is 6.10 Å². The van der Waals surface area contributed by atoms with Crippen molar-refractivity contribution in [1.82, 2.24) is 0 Å². The minimum atomic E-state index is -1.58. The van der Waals surface area contributed by atoms with Gasteiger partial charge in [0.1, 0.15) is 0 Å². The molecule has 0 aliphatic rings. The molecule has 1 aromatic carbocycles. The monoisotopic (exact) mass is 245 g/mol. The van der Waals surface area contributed by atoms with Gasteiger partial charge in [-0.15, -0.1) is 6.58 Å². The zero-order chi connectivity index (χ0) is 12.9. The van der Waals surface area contributed by atoms with E-state index in [0.29, 0.717) is 5.56 Å². The van der Waals surface area contributed by atoms with Gasteiger partial charge in [0.15, 0.2) is 8.32 Å². The Morgan fingerprint density at radius 1 is 1.35 bits per heavy atom. The quantitative estimate of drug-likeness (QED) is 0.579. The lowest BCUT2D eigenvalue weighted by Crippen LogP contribution is -2.27. The van der Waals surface area contributed by atoms with Crippen molar-refractivity contribution in [2.45, 2.75) is 32.2 Å². The van der Waals surface area contributed by atoms with Crippen molar-refractivity contribution >= 4 is 8.32 Å². The molecule has 3 heteroatoms. The maximum Gasteiger partial charge on any atom is 0.184 e. The molecule has 0 aliphatic heterocycles. The van der Waals surface area contributed by atoms with Crippen LogP contribution in [-0.2, 0) is 4.43 Å². The molecular weight excluding hydrogens is 226 g/mol. The second-order valence-corrected chi connectivity index (χ2v) is 9.44. The Bertz CT molecular complexity index is 411. The van der Waals surface area contributed by atoms with E-state index >= 15 is 0 Å². The fraction of sp³-hybridized carbons (Fsp3) is 0.357. The van der Waals surface area contributed by atoms with Crippen LogP contribution in [0.1, 0.15) is 23.7 Å². The van der Waals surface area contributed by atoms with Gasteiger partial charge in [-0.3, -0.25) is 0 Å². The van der Waals surface area contributed by atoms with Crippen LogP contribution < -0.4 is 0 Å². The molecule has 0 N–H and O–H groups in total. The van der Waals surface area contributed by atoms with Gasteiger partial charge < -0.3 is 4.43 Å². The highest BCUT2D eigenvalue weighted by molar-refractivity contribution is 6.69. The number of nitriles is 1. The van der Waals surface area contributed by atoms with Gasteiger partial charge in [-0.2, -0.15) is 5.26 Å². The molecule has 0 fully saturated rings. The van der Waals surface area contributed by atoms with E-state index in [1.54, 1.807) is 0 Å². The van der Waals surface area contributed by atoms with Crippen molar-refractivity contribution in [3.05, 3.63) is 48.0 Å². The van der Waals surface area contributed by atoms with Crippen LogP contribution in [-0.4, -0.2) is 8.32 Å². The van der Waals surface area contributed by atoms with Crippen molar-refractivity contribution in [2.75, 3.05) is 0 Å². The summed E-state index contributed by atoms with van der Waals surface area (Å²) in [5.74, 6) is 0. The number of benzene rings is 1. The van der Waals surface area contributed by atoms with Gasteiger partial charge in [0.05, 0.1) is 17.7 Å². The SMILES string of the molecule is C=CCC(O[Si](C)(C)C)c1ccc(C#N)cc1. The average Bonchev–Trinajstić information content (AvgIpc) is 2.27. The Balaban J connectivity index is 2.89. The third kappa shape index (κ3) is 4.56. The molecule has 17 heavy (non-hydrogen) atoms. The molecule has 0 aromatic heterocycles. The molecule has 1 rings (SSSR count). The fourth-order valence-electron chi connectivity index (χ4n) is 1.60. The maximum absolute atomic E-state index is 8.77. The molecule has 1 aromatic rings. The lowest BCUT2D eigenvalue weighted by molar-refractivity contribution is 0.201. The number of hydrogen-bond donors (Lipinski definition) is 0.